The maximum absolute atomic E-state index is 12.9. The van der Waals surface area contributed by atoms with E-state index in [1.807, 2.05) is 0 Å². The summed E-state index contributed by atoms with van der Waals surface area (Å²) in [6.07, 6.45) is -0.855. The maximum atomic E-state index is 12.9. The number of hydrogen-bond acceptors (Lipinski definition) is 5. The molecule has 2 aliphatic rings. The van der Waals surface area contributed by atoms with Crippen LogP contribution in [-0.4, -0.2) is 74.1 Å². The first-order valence-corrected chi connectivity index (χ1v) is 9.08. The van der Waals surface area contributed by atoms with Crippen molar-refractivity contribution in [2.45, 2.75) is 25.2 Å². The fraction of sp³-hybridized carbons (Fsp3) is 0.556. The molecule has 2 aliphatic heterocycles. The molecule has 0 saturated carbocycles. The first kappa shape index (κ1) is 20.4. The van der Waals surface area contributed by atoms with Crippen molar-refractivity contribution in [3.63, 3.8) is 0 Å². The standard InChI is InChI=1S/C18H23F2N3O5/c1-18(12-2-4-14(5-3-12)28-16(19)20)15(25)23(17(26)21-18)11-13(24)10-22-6-8-27-9-7-22/h2-5,13,16,24H,6-11H2,1H3,(H,21,26)/p+1/t13-,18+/m1/s1. The van der Waals surface area contributed by atoms with Gasteiger partial charge >= 0.3 is 12.6 Å². The Kier molecular flexibility index (Phi) is 6.11. The summed E-state index contributed by atoms with van der Waals surface area (Å²) in [6.45, 7) is 1.66. The summed E-state index contributed by atoms with van der Waals surface area (Å²) in [7, 11) is 0. The van der Waals surface area contributed by atoms with E-state index in [-0.39, 0.29) is 12.3 Å². The number of benzene rings is 1. The number of rotatable bonds is 7. The van der Waals surface area contributed by atoms with Crippen LogP contribution < -0.4 is 15.0 Å². The number of morpholine rings is 1. The number of alkyl halides is 2. The molecule has 0 spiro atoms. The van der Waals surface area contributed by atoms with Crippen molar-refractivity contribution in [2.75, 3.05) is 39.4 Å². The largest absolute Gasteiger partial charge is 0.435 e. The fourth-order valence-corrected chi connectivity index (χ4v) is 3.50. The highest BCUT2D eigenvalue weighted by atomic mass is 19.3. The van der Waals surface area contributed by atoms with Gasteiger partial charge in [0.1, 0.15) is 37.0 Å². The summed E-state index contributed by atoms with van der Waals surface area (Å²) in [5, 5.41) is 13.0. The number of imide groups is 1. The van der Waals surface area contributed by atoms with Gasteiger partial charge < -0.3 is 24.8 Å². The number of nitrogens with zero attached hydrogens (tertiary/aromatic N) is 1. The van der Waals surface area contributed by atoms with E-state index >= 15 is 0 Å². The molecule has 0 aliphatic carbocycles. The Hall–Kier alpha value is -2.30. The van der Waals surface area contributed by atoms with E-state index in [4.69, 9.17) is 4.74 Å². The molecule has 0 bridgehead atoms. The third kappa shape index (κ3) is 4.40. The Balaban J connectivity index is 1.66. The van der Waals surface area contributed by atoms with Crippen LogP contribution in [0.25, 0.3) is 0 Å². The minimum Gasteiger partial charge on any atom is -0.435 e. The second kappa shape index (κ2) is 8.38. The molecule has 10 heteroatoms. The summed E-state index contributed by atoms with van der Waals surface area (Å²) in [5.74, 6) is -0.545. The summed E-state index contributed by atoms with van der Waals surface area (Å²) >= 11 is 0. The summed E-state index contributed by atoms with van der Waals surface area (Å²) in [5.41, 5.74) is -0.908. The number of carbonyl (C=O) groups is 2. The van der Waals surface area contributed by atoms with Crippen LogP contribution in [0.4, 0.5) is 13.6 Å². The Bertz CT molecular complexity index is 712. The molecule has 154 valence electrons. The molecule has 28 heavy (non-hydrogen) atoms. The monoisotopic (exact) mass is 400 g/mol. The van der Waals surface area contributed by atoms with Crippen molar-refractivity contribution in [3.05, 3.63) is 29.8 Å². The zero-order chi connectivity index (χ0) is 20.3. The number of carbonyl (C=O) groups excluding carboxylic acids is 2. The van der Waals surface area contributed by atoms with Gasteiger partial charge in [-0.2, -0.15) is 8.78 Å². The summed E-state index contributed by atoms with van der Waals surface area (Å²) in [4.78, 5) is 27.4. The van der Waals surface area contributed by atoms with E-state index < -0.39 is 30.2 Å². The predicted molar refractivity (Wildman–Crippen MR) is 93.1 cm³/mol. The van der Waals surface area contributed by atoms with E-state index in [0.717, 1.165) is 22.9 Å². The lowest BCUT2D eigenvalue weighted by molar-refractivity contribution is -0.910. The molecule has 0 unspecified atom stereocenters. The van der Waals surface area contributed by atoms with E-state index in [9.17, 15) is 23.5 Å². The molecule has 2 heterocycles. The number of aliphatic hydroxyl groups is 1. The van der Waals surface area contributed by atoms with Crippen molar-refractivity contribution in [2.24, 2.45) is 0 Å². The number of ether oxygens (including phenoxy) is 2. The average molecular weight is 400 g/mol. The van der Waals surface area contributed by atoms with E-state index in [2.05, 4.69) is 10.1 Å². The quantitative estimate of drug-likeness (QED) is 0.528. The molecule has 1 aromatic rings. The number of β-amino-alcohol motifs (C(OH)–C–C–N with tert-alkyl or cyclic N) is 1. The van der Waals surface area contributed by atoms with Crippen molar-refractivity contribution < 1.29 is 37.9 Å². The number of aliphatic hydroxyl groups excluding tert-OH is 1. The van der Waals surface area contributed by atoms with Crippen molar-refractivity contribution in [3.8, 4) is 5.75 Å². The summed E-state index contributed by atoms with van der Waals surface area (Å²) < 4.78 is 34.1. The molecule has 0 radical (unpaired) electrons. The molecule has 2 fully saturated rings. The third-order valence-corrected chi connectivity index (χ3v) is 5.05. The van der Waals surface area contributed by atoms with Gasteiger partial charge in [0.2, 0.25) is 0 Å². The highest BCUT2D eigenvalue weighted by Crippen LogP contribution is 2.30. The molecule has 8 nitrogen and oxygen atoms in total. The van der Waals surface area contributed by atoms with Gasteiger partial charge in [-0.25, -0.2) is 4.79 Å². The zero-order valence-electron chi connectivity index (χ0n) is 15.5. The molecule has 3 N–H and O–H groups in total. The second-order valence-electron chi connectivity index (χ2n) is 7.09. The van der Waals surface area contributed by atoms with Gasteiger partial charge in [0.15, 0.2) is 0 Å². The van der Waals surface area contributed by atoms with Gasteiger partial charge in [0.05, 0.1) is 19.8 Å². The van der Waals surface area contributed by atoms with Crippen LogP contribution in [0, 0.1) is 0 Å². The molecular weight excluding hydrogens is 376 g/mol. The number of amides is 3. The maximum Gasteiger partial charge on any atom is 0.387 e. The Morgan fingerprint density at radius 2 is 1.93 bits per heavy atom. The molecule has 3 rings (SSSR count). The minimum absolute atomic E-state index is 0.0418. The Morgan fingerprint density at radius 3 is 2.54 bits per heavy atom. The molecular formula is C18H24F2N3O5+. The van der Waals surface area contributed by atoms with Crippen LogP contribution >= 0.6 is 0 Å². The first-order chi connectivity index (χ1) is 13.3. The van der Waals surface area contributed by atoms with Gasteiger partial charge in [0, 0.05) is 0 Å². The predicted octanol–water partition coefficient (Wildman–Crippen LogP) is -0.669. The van der Waals surface area contributed by atoms with Gasteiger partial charge in [-0.05, 0) is 24.6 Å². The first-order valence-electron chi connectivity index (χ1n) is 9.08. The van der Waals surface area contributed by atoms with E-state index in [0.29, 0.717) is 25.3 Å². The lowest BCUT2D eigenvalue weighted by atomic mass is 9.92. The van der Waals surface area contributed by atoms with E-state index in [1.165, 1.54) is 31.2 Å². The van der Waals surface area contributed by atoms with Crippen molar-refractivity contribution in [1.82, 2.24) is 10.2 Å². The number of halogens is 2. The lowest BCUT2D eigenvalue weighted by Crippen LogP contribution is -3.15. The second-order valence-corrected chi connectivity index (χ2v) is 7.09. The zero-order valence-corrected chi connectivity index (χ0v) is 15.5. The molecule has 3 amide bonds. The van der Waals surface area contributed by atoms with Crippen LogP contribution in [0.1, 0.15) is 12.5 Å². The Morgan fingerprint density at radius 1 is 1.29 bits per heavy atom. The molecule has 2 saturated heterocycles. The highest BCUT2D eigenvalue weighted by molar-refractivity contribution is 6.07. The normalized spacial score (nSPS) is 24.5. The average Bonchev–Trinajstić information content (AvgIpc) is 2.86. The van der Waals surface area contributed by atoms with Crippen LogP contribution in [0.3, 0.4) is 0 Å². The van der Waals surface area contributed by atoms with Gasteiger partial charge in [-0.15, -0.1) is 0 Å². The molecule has 2 atom stereocenters. The number of quaternary nitrogens is 1. The van der Waals surface area contributed by atoms with Gasteiger partial charge in [-0.1, -0.05) is 12.1 Å². The smallest absolute Gasteiger partial charge is 0.387 e. The SMILES string of the molecule is C[C@@]1(c2ccc(OC(F)F)cc2)NC(=O)N(C[C@H](O)C[NH+]2CCOCC2)C1=O. The van der Waals surface area contributed by atoms with Gasteiger partial charge in [0.25, 0.3) is 5.91 Å². The molecule has 0 aromatic heterocycles. The Labute approximate surface area is 161 Å². The highest BCUT2D eigenvalue weighted by Gasteiger charge is 2.49. The number of urea groups is 1. The van der Waals surface area contributed by atoms with Crippen LogP contribution in [0.15, 0.2) is 24.3 Å². The van der Waals surface area contributed by atoms with Crippen LogP contribution in [-0.2, 0) is 15.1 Å². The molecule has 1 aromatic carbocycles. The minimum atomic E-state index is -2.94. The number of hydrogen-bond donors (Lipinski definition) is 3. The van der Waals surface area contributed by atoms with Crippen LogP contribution in [0.5, 0.6) is 5.75 Å². The van der Waals surface area contributed by atoms with Crippen LogP contribution in [0.2, 0.25) is 0 Å². The van der Waals surface area contributed by atoms with Crippen molar-refractivity contribution in [1.29, 1.82) is 0 Å². The fourth-order valence-electron chi connectivity index (χ4n) is 3.50. The number of nitrogens with one attached hydrogen (secondary N) is 2. The third-order valence-electron chi connectivity index (χ3n) is 5.05. The van der Waals surface area contributed by atoms with E-state index in [1.54, 1.807) is 0 Å². The van der Waals surface area contributed by atoms with Gasteiger partial charge in [-0.3, -0.25) is 9.69 Å². The summed E-state index contributed by atoms with van der Waals surface area (Å²) in [6, 6.07) is 4.93. The lowest BCUT2D eigenvalue weighted by Gasteiger charge is -2.27. The van der Waals surface area contributed by atoms with Crippen molar-refractivity contribution >= 4 is 11.9 Å². The topological polar surface area (TPSA) is 92.5 Å².